The number of hydrogen-bond donors (Lipinski definition) is 0. The zero-order valence-corrected chi connectivity index (χ0v) is 7.27. The molecule has 0 fully saturated rings. The minimum absolute atomic E-state index is 0.288. The molecule has 0 aromatic rings. The van der Waals surface area contributed by atoms with Crippen LogP contribution in [0, 0.1) is 0 Å². The van der Waals surface area contributed by atoms with Crippen molar-refractivity contribution in [2.45, 2.75) is 12.6 Å². The lowest BCUT2D eigenvalue weighted by molar-refractivity contribution is -0.129. The maximum Gasteiger partial charge on any atom is 0.389 e. The van der Waals surface area contributed by atoms with Gasteiger partial charge in [-0.15, -0.1) is 0 Å². The smallest absolute Gasteiger partial charge is 0.249 e. The summed E-state index contributed by atoms with van der Waals surface area (Å²) in [6.45, 7) is 0. The highest BCUT2D eigenvalue weighted by Gasteiger charge is 2.27. The molecule has 0 aliphatic heterocycles. The molecule has 0 spiro atoms. The Hall–Kier alpha value is 0.140. The Bertz CT molecular complexity index is 86.5. The number of halogens is 3. The SMILES string of the molecule is CS(C)(C)CCC(F)(F)F. The first kappa shape index (κ1) is 10.1. The molecule has 0 rings (SSSR count). The summed E-state index contributed by atoms with van der Waals surface area (Å²) in [7, 11) is -0.977. The summed E-state index contributed by atoms with van der Waals surface area (Å²) < 4.78 is 34.8. The van der Waals surface area contributed by atoms with Crippen molar-refractivity contribution in [2.75, 3.05) is 24.5 Å². The molecule has 0 heterocycles. The van der Waals surface area contributed by atoms with E-state index in [2.05, 4.69) is 0 Å². The van der Waals surface area contributed by atoms with E-state index in [0.29, 0.717) is 0 Å². The first-order valence-electron chi connectivity index (χ1n) is 2.93. The van der Waals surface area contributed by atoms with Gasteiger partial charge in [-0.1, -0.05) is 0 Å². The molecule has 0 nitrogen and oxygen atoms in total. The topological polar surface area (TPSA) is 0 Å². The van der Waals surface area contributed by atoms with Crippen molar-refractivity contribution in [3.8, 4) is 0 Å². The Morgan fingerprint density at radius 3 is 1.60 bits per heavy atom. The van der Waals surface area contributed by atoms with E-state index in [1.165, 1.54) is 0 Å². The zero-order valence-electron chi connectivity index (χ0n) is 6.46. The summed E-state index contributed by atoms with van der Waals surface area (Å²) in [5.41, 5.74) is 0. The van der Waals surface area contributed by atoms with Crippen molar-refractivity contribution in [3.63, 3.8) is 0 Å². The van der Waals surface area contributed by atoms with Gasteiger partial charge in [-0.2, -0.15) is 13.2 Å². The quantitative estimate of drug-likeness (QED) is 0.603. The fourth-order valence-electron chi connectivity index (χ4n) is 0.422. The molecule has 0 amide bonds. The minimum atomic E-state index is -3.97. The normalized spacial score (nSPS) is 15.4. The van der Waals surface area contributed by atoms with Crippen LogP contribution in [0.5, 0.6) is 0 Å². The summed E-state index contributed by atoms with van der Waals surface area (Å²) >= 11 is 0. The number of rotatable bonds is 2. The molecule has 0 atom stereocenters. The molecule has 0 radical (unpaired) electrons. The van der Waals surface area contributed by atoms with Gasteiger partial charge in [-0.25, -0.2) is 10.0 Å². The molecular weight excluding hydrogens is 161 g/mol. The van der Waals surface area contributed by atoms with Gasteiger partial charge in [0.25, 0.3) is 0 Å². The van der Waals surface area contributed by atoms with Crippen molar-refractivity contribution in [2.24, 2.45) is 0 Å². The number of alkyl halides is 3. The second-order valence-corrected chi connectivity index (χ2v) is 7.75. The van der Waals surface area contributed by atoms with Crippen LogP contribution in [0.2, 0.25) is 0 Å². The van der Waals surface area contributed by atoms with E-state index < -0.39 is 22.6 Å². The van der Waals surface area contributed by atoms with Crippen LogP contribution in [0.25, 0.3) is 0 Å². The van der Waals surface area contributed by atoms with Crippen molar-refractivity contribution in [3.05, 3.63) is 0 Å². The van der Waals surface area contributed by atoms with Crippen LogP contribution in [0.15, 0.2) is 0 Å². The molecule has 64 valence electrons. The zero-order chi connectivity index (χ0) is 8.41. The van der Waals surface area contributed by atoms with Crippen molar-refractivity contribution < 1.29 is 13.2 Å². The molecule has 0 bridgehead atoms. The fourth-order valence-corrected chi connectivity index (χ4v) is 1.27. The van der Waals surface area contributed by atoms with Crippen molar-refractivity contribution in [1.29, 1.82) is 0 Å². The predicted molar refractivity (Wildman–Crippen MR) is 40.9 cm³/mol. The van der Waals surface area contributed by atoms with E-state index in [-0.39, 0.29) is 5.75 Å². The van der Waals surface area contributed by atoms with Gasteiger partial charge in [0, 0.05) is 0 Å². The van der Waals surface area contributed by atoms with Crippen LogP contribution in [0.1, 0.15) is 6.42 Å². The van der Waals surface area contributed by atoms with E-state index in [1.54, 1.807) is 0 Å². The van der Waals surface area contributed by atoms with Crippen LogP contribution in [-0.2, 0) is 0 Å². The van der Waals surface area contributed by atoms with Crippen molar-refractivity contribution >= 4 is 10.0 Å². The van der Waals surface area contributed by atoms with E-state index in [4.69, 9.17) is 0 Å². The van der Waals surface area contributed by atoms with E-state index in [9.17, 15) is 13.2 Å². The summed E-state index contributed by atoms with van der Waals surface area (Å²) in [6.07, 6.45) is 1.06. The van der Waals surface area contributed by atoms with Gasteiger partial charge in [-0.05, 0) is 24.5 Å². The Morgan fingerprint density at radius 1 is 1.10 bits per heavy atom. The lowest BCUT2D eigenvalue weighted by atomic mass is 10.5. The third kappa shape index (κ3) is 8.14. The summed E-state index contributed by atoms with van der Waals surface area (Å²) in [5, 5.41) is 0. The second-order valence-electron chi connectivity index (χ2n) is 3.16. The van der Waals surface area contributed by atoms with Crippen LogP contribution in [-0.4, -0.2) is 30.7 Å². The van der Waals surface area contributed by atoms with Gasteiger partial charge in [0.2, 0.25) is 0 Å². The highest BCUT2D eigenvalue weighted by atomic mass is 32.3. The van der Waals surface area contributed by atoms with E-state index >= 15 is 0 Å². The third-order valence-corrected chi connectivity index (χ3v) is 2.43. The summed E-state index contributed by atoms with van der Waals surface area (Å²) in [6, 6.07) is 0. The largest absolute Gasteiger partial charge is 0.389 e. The monoisotopic (exact) mass is 174 g/mol. The first-order chi connectivity index (χ1) is 4.21. The molecule has 0 unspecified atom stereocenters. The Kier molecular flexibility index (Phi) is 3.07. The standard InChI is InChI=1S/C6H13F3S/c1-10(2,3)5-4-6(7,8)9/h4-5H2,1-3H3. The fraction of sp³-hybridized carbons (Fsp3) is 1.00. The lowest BCUT2D eigenvalue weighted by Crippen LogP contribution is -2.12. The van der Waals surface area contributed by atoms with Crippen LogP contribution < -0.4 is 0 Å². The van der Waals surface area contributed by atoms with Crippen molar-refractivity contribution in [1.82, 2.24) is 0 Å². The Labute approximate surface area is 61.1 Å². The predicted octanol–water partition coefficient (Wildman–Crippen LogP) is 2.63. The van der Waals surface area contributed by atoms with Gasteiger partial charge < -0.3 is 0 Å². The Morgan fingerprint density at radius 2 is 1.50 bits per heavy atom. The van der Waals surface area contributed by atoms with Gasteiger partial charge in [0.05, 0.1) is 6.42 Å². The van der Waals surface area contributed by atoms with Crippen LogP contribution >= 0.6 is 10.0 Å². The van der Waals surface area contributed by atoms with Gasteiger partial charge in [0.15, 0.2) is 0 Å². The van der Waals surface area contributed by atoms with Gasteiger partial charge in [0.1, 0.15) is 0 Å². The third-order valence-electron chi connectivity index (χ3n) is 0.998. The molecule has 10 heavy (non-hydrogen) atoms. The minimum Gasteiger partial charge on any atom is -0.249 e. The molecule has 0 saturated carbocycles. The van der Waals surface area contributed by atoms with E-state index in [0.717, 1.165) is 0 Å². The highest BCUT2D eigenvalue weighted by molar-refractivity contribution is 8.32. The average molecular weight is 174 g/mol. The molecule has 0 N–H and O–H groups in total. The molecule has 0 aliphatic rings. The first-order valence-corrected chi connectivity index (χ1v) is 5.96. The molecule has 0 saturated heterocycles. The van der Waals surface area contributed by atoms with E-state index in [1.807, 2.05) is 18.8 Å². The second kappa shape index (κ2) is 3.03. The van der Waals surface area contributed by atoms with Gasteiger partial charge in [-0.3, -0.25) is 0 Å². The molecule has 4 heteroatoms. The summed E-state index contributed by atoms with van der Waals surface area (Å²) in [4.78, 5) is 0. The van der Waals surface area contributed by atoms with Crippen LogP contribution in [0.4, 0.5) is 13.2 Å². The average Bonchev–Trinajstić information content (AvgIpc) is 1.57. The maximum absolute atomic E-state index is 11.6. The van der Waals surface area contributed by atoms with Gasteiger partial charge >= 0.3 is 6.18 Å². The summed E-state index contributed by atoms with van der Waals surface area (Å²) in [5.74, 6) is 0.288. The molecular formula is C6H13F3S. The molecule has 0 aromatic carbocycles. The highest BCUT2D eigenvalue weighted by Crippen LogP contribution is 2.38. The molecule has 0 aromatic heterocycles. The lowest BCUT2D eigenvalue weighted by Gasteiger charge is -2.25. The Balaban J connectivity index is 3.56. The van der Waals surface area contributed by atoms with Crippen LogP contribution in [0.3, 0.4) is 0 Å². The number of hydrogen-bond acceptors (Lipinski definition) is 0. The maximum atomic E-state index is 11.6. The molecule has 0 aliphatic carbocycles.